The van der Waals surface area contributed by atoms with E-state index in [0.717, 1.165) is 0 Å². The standard InChI is InChI=1S/C8H18.C6H7NO5/c1-5-6-7-8(2,3)4;8-4-2-1-3(5(9)10)7(4)6(11)12/h5-7H2,1-4H3;3H,1-2H2,(H,9,10)(H,11,12)/t;3-/m.0/s1. The Labute approximate surface area is 119 Å². The first-order chi connectivity index (χ1) is 9.10. The van der Waals surface area contributed by atoms with E-state index in [9.17, 15) is 14.4 Å². The van der Waals surface area contributed by atoms with Crippen LogP contribution in [0.15, 0.2) is 0 Å². The highest BCUT2D eigenvalue weighted by molar-refractivity contribution is 5.98. The minimum absolute atomic E-state index is 0.0106. The third-order valence-corrected chi connectivity index (χ3v) is 2.98. The molecule has 1 rings (SSSR count). The maximum atomic E-state index is 10.8. The number of carbonyl (C=O) groups excluding carboxylic acids is 1. The fraction of sp³-hybridized carbons (Fsp3) is 0.786. The Balaban J connectivity index is 0.000000396. The van der Waals surface area contributed by atoms with Gasteiger partial charge in [-0.1, -0.05) is 40.5 Å². The van der Waals surface area contributed by atoms with E-state index in [1.165, 1.54) is 19.3 Å². The molecule has 2 N–H and O–H groups in total. The molecular formula is C14H25NO5. The summed E-state index contributed by atoms with van der Waals surface area (Å²) in [6.45, 7) is 9.12. The fourth-order valence-corrected chi connectivity index (χ4v) is 1.86. The lowest BCUT2D eigenvalue weighted by molar-refractivity contribution is -0.144. The number of amides is 2. The zero-order valence-corrected chi connectivity index (χ0v) is 12.7. The number of likely N-dealkylation sites (tertiary alicyclic amines) is 1. The third-order valence-electron chi connectivity index (χ3n) is 2.98. The Morgan fingerprint density at radius 1 is 1.30 bits per heavy atom. The molecule has 1 fully saturated rings. The fourth-order valence-electron chi connectivity index (χ4n) is 1.86. The van der Waals surface area contributed by atoms with Crippen LogP contribution < -0.4 is 0 Å². The van der Waals surface area contributed by atoms with Gasteiger partial charge in [-0.2, -0.15) is 0 Å². The van der Waals surface area contributed by atoms with Gasteiger partial charge >= 0.3 is 12.1 Å². The van der Waals surface area contributed by atoms with E-state index >= 15 is 0 Å². The number of nitrogens with zero attached hydrogens (tertiary/aromatic N) is 1. The van der Waals surface area contributed by atoms with Crippen LogP contribution in [0.1, 0.15) is 59.8 Å². The zero-order valence-electron chi connectivity index (χ0n) is 12.7. The molecule has 116 valence electrons. The van der Waals surface area contributed by atoms with E-state index in [1.807, 2.05) is 0 Å². The first-order valence-corrected chi connectivity index (χ1v) is 6.88. The van der Waals surface area contributed by atoms with E-state index < -0.39 is 24.0 Å². The van der Waals surface area contributed by atoms with Crippen molar-refractivity contribution >= 4 is 18.0 Å². The number of carboxylic acid groups (broad SMARTS) is 2. The van der Waals surface area contributed by atoms with Gasteiger partial charge < -0.3 is 10.2 Å². The topological polar surface area (TPSA) is 94.9 Å². The van der Waals surface area contributed by atoms with Crippen molar-refractivity contribution in [1.29, 1.82) is 0 Å². The molecule has 1 aliphatic rings. The zero-order chi connectivity index (χ0) is 15.9. The van der Waals surface area contributed by atoms with Crippen LogP contribution in [0.2, 0.25) is 0 Å². The molecule has 20 heavy (non-hydrogen) atoms. The number of unbranched alkanes of at least 4 members (excludes halogenated alkanes) is 1. The van der Waals surface area contributed by atoms with Crippen LogP contribution in [0.5, 0.6) is 0 Å². The summed E-state index contributed by atoms with van der Waals surface area (Å²) in [5.74, 6) is -1.92. The van der Waals surface area contributed by atoms with Crippen LogP contribution in [0.3, 0.4) is 0 Å². The van der Waals surface area contributed by atoms with Gasteiger partial charge in [-0.15, -0.1) is 0 Å². The van der Waals surface area contributed by atoms with Crippen LogP contribution in [0.4, 0.5) is 4.79 Å². The molecule has 0 spiro atoms. The van der Waals surface area contributed by atoms with E-state index in [4.69, 9.17) is 10.2 Å². The van der Waals surface area contributed by atoms with Crippen molar-refractivity contribution in [2.75, 3.05) is 0 Å². The Morgan fingerprint density at radius 3 is 2.10 bits per heavy atom. The predicted octanol–water partition coefficient (Wildman–Crippen LogP) is 2.96. The van der Waals surface area contributed by atoms with Gasteiger partial charge in [-0.3, -0.25) is 4.79 Å². The molecule has 1 aliphatic heterocycles. The number of carboxylic acids is 1. The third kappa shape index (κ3) is 6.54. The summed E-state index contributed by atoms with van der Waals surface area (Å²) in [5.41, 5.74) is 0.552. The van der Waals surface area contributed by atoms with E-state index in [1.54, 1.807) is 0 Å². The molecule has 0 unspecified atom stereocenters. The van der Waals surface area contributed by atoms with Crippen molar-refractivity contribution < 1.29 is 24.6 Å². The molecule has 0 aromatic rings. The van der Waals surface area contributed by atoms with E-state index in [2.05, 4.69) is 27.7 Å². The van der Waals surface area contributed by atoms with Gasteiger partial charge in [0.1, 0.15) is 6.04 Å². The lowest BCUT2D eigenvalue weighted by atomic mass is 9.90. The van der Waals surface area contributed by atoms with Crippen molar-refractivity contribution in [1.82, 2.24) is 4.90 Å². The average molecular weight is 287 g/mol. The first-order valence-electron chi connectivity index (χ1n) is 6.88. The summed E-state index contributed by atoms with van der Waals surface area (Å²) >= 11 is 0. The van der Waals surface area contributed by atoms with Crippen molar-refractivity contribution in [2.45, 2.75) is 65.8 Å². The Morgan fingerprint density at radius 2 is 1.85 bits per heavy atom. The second kappa shape index (κ2) is 7.87. The van der Waals surface area contributed by atoms with Gasteiger partial charge in [0.25, 0.3) is 0 Å². The predicted molar refractivity (Wildman–Crippen MR) is 74.5 cm³/mol. The maximum absolute atomic E-state index is 10.8. The summed E-state index contributed by atoms with van der Waals surface area (Å²) in [6, 6.07) is -1.20. The van der Waals surface area contributed by atoms with Crippen molar-refractivity contribution in [3.63, 3.8) is 0 Å². The molecule has 0 radical (unpaired) electrons. The van der Waals surface area contributed by atoms with Crippen molar-refractivity contribution in [3.05, 3.63) is 0 Å². The number of aliphatic carboxylic acids is 1. The van der Waals surface area contributed by atoms with Gasteiger partial charge in [0.2, 0.25) is 5.91 Å². The molecule has 1 heterocycles. The van der Waals surface area contributed by atoms with Gasteiger partial charge in [-0.25, -0.2) is 14.5 Å². The van der Waals surface area contributed by atoms with E-state index in [0.29, 0.717) is 10.3 Å². The second-order valence-corrected chi connectivity index (χ2v) is 6.10. The molecule has 1 saturated heterocycles. The molecule has 0 aliphatic carbocycles. The Bertz CT molecular complexity index is 359. The number of rotatable bonds is 3. The highest BCUT2D eigenvalue weighted by Crippen LogP contribution is 2.21. The van der Waals surface area contributed by atoms with Crippen molar-refractivity contribution in [3.8, 4) is 0 Å². The summed E-state index contributed by atoms with van der Waals surface area (Å²) in [7, 11) is 0. The number of hydrogen-bond donors (Lipinski definition) is 2. The summed E-state index contributed by atoms with van der Waals surface area (Å²) in [6.07, 6.45) is 2.64. The number of imide groups is 1. The molecular weight excluding hydrogens is 262 g/mol. The largest absolute Gasteiger partial charge is 0.480 e. The molecule has 6 nitrogen and oxygen atoms in total. The number of carbonyl (C=O) groups is 3. The monoisotopic (exact) mass is 287 g/mol. The van der Waals surface area contributed by atoms with Gasteiger partial charge in [0.15, 0.2) is 0 Å². The number of hydrogen-bond acceptors (Lipinski definition) is 3. The lowest BCUT2D eigenvalue weighted by Gasteiger charge is -2.16. The average Bonchev–Trinajstić information content (AvgIpc) is 2.68. The maximum Gasteiger partial charge on any atom is 0.414 e. The molecule has 6 heteroatoms. The molecule has 0 aromatic carbocycles. The van der Waals surface area contributed by atoms with Gasteiger partial charge in [0.05, 0.1) is 0 Å². The molecule has 0 bridgehead atoms. The smallest absolute Gasteiger partial charge is 0.414 e. The highest BCUT2D eigenvalue weighted by Gasteiger charge is 2.40. The molecule has 0 aromatic heterocycles. The van der Waals surface area contributed by atoms with Crippen LogP contribution in [-0.4, -0.2) is 39.1 Å². The normalized spacial score (nSPS) is 18.5. The van der Waals surface area contributed by atoms with Gasteiger partial charge in [-0.05, 0) is 18.3 Å². The second-order valence-electron chi connectivity index (χ2n) is 6.10. The molecule has 0 saturated carbocycles. The lowest BCUT2D eigenvalue weighted by Crippen LogP contribution is -2.41. The van der Waals surface area contributed by atoms with Crippen LogP contribution in [0.25, 0.3) is 0 Å². The molecule has 1 atom stereocenters. The minimum atomic E-state index is -1.50. The van der Waals surface area contributed by atoms with Crippen LogP contribution in [-0.2, 0) is 9.59 Å². The van der Waals surface area contributed by atoms with E-state index in [-0.39, 0.29) is 12.8 Å². The van der Waals surface area contributed by atoms with Crippen LogP contribution >= 0.6 is 0 Å². The highest BCUT2D eigenvalue weighted by atomic mass is 16.4. The minimum Gasteiger partial charge on any atom is -0.480 e. The SMILES string of the molecule is CCCCC(C)(C)C.O=C(O)[C@@H]1CCC(=O)N1C(=O)O. The first kappa shape index (κ1) is 18.4. The quantitative estimate of drug-likeness (QED) is 0.832. The Kier molecular flexibility index (Phi) is 7.24. The van der Waals surface area contributed by atoms with Gasteiger partial charge in [0, 0.05) is 6.42 Å². The summed E-state index contributed by atoms with van der Waals surface area (Å²) in [5, 5.41) is 16.9. The molecule has 2 amide bonds. The Hall–Kier alpha value is -1.59. The summed E-state index contributed by atoms with van der Waals surface area (Å²) < 4.78 is 0. The van der Waals surface area contributed by atoms with Crippen molar-refractivity contribution in [2.24, 2.45) is 5.41 Å². The summed E-state index contributed by atoms with van der Waals surface area (Å²) in [4.78, 5) is 31.9. The van der Waals surface area contributed by atoms with Crippen LogP contribution in [0, 0.1) is 5.41 Å².